The van der Waals surface area contributed by atoms with Crippen molar-refractivity contribution in [3.63, 3.8) is 0 Å². The van der Waals surface area contributed by atoms with E-state index in [4.69, 9.17) is 11.6 Å². The van der Waals surface area contributed by atoms with E-state index in [1.165, 1.54) is 5.56 Å². The number of carbonyl (C=O) groups is 2. The van der Waals surface area contributed by atoms with Crippen molar-refractivity contribution in [1.29, 1.82) is 0 Å². The number of piperidine rings is 1. The summed E-state index contributed by atoms with van der Waals surface area (Å²) in [7, 11) is 0. The van der Waals surface area contributed by atoms with Crippen LogP contribution in [0.4, 0.5) is 5.69 Å². The van der Waals surface area contributed by atoms with Gasteiger partial charge < -0.3 is 10.2 Å². The first-order valence-corrected chi connectivity index (χ1v) is 9.77. The van der Waals surface area contributed by atoms with E-state index >= 15 is 0 Å². The van der Waals surface area contributed by atoms with Crippen LogP contribution in [0.5, 0.6) is 0 Å². The summed E-state index contributed by atoms with van der Waals surface area (Å²) < 4.78 is 0. The fourth-order valence-corrected chi connectivity index (χ4v) is 3.57. The third kappa shape index (κ3) is 4.89. The fourth-order valence-electron chi connectivity index (χ4n) is 3.38. The molecule has 27 heavy (non-hydrogen) atoms. The van der Waals surface area contributed by atoms with Gasteiger partial charge in [-0.2, -0.15) is 0 Å². The van der Waals surface area contributed by atoms with Crippen LogP contribution in [0.25, 0.3) is 0 Å². The molecule has 0 aromatic heterocycles. The molecule has 1 heterocycles. The fraction of sp³-hybridized carbons (Fsp3) is 0.364. The lowest BCUT2D eigenvalue weighted by Crippen LogP contribution is -2.43. The lowest BCUT2D eigenvalue weighted by molar-refractivity contribution is -0.121. The van der Waals surface area contributed by atoms with Crippen molar-refractivity contribution in [3.05, 3.63) is 64.7 Å². The minimum atomic E-state index is -0.202. The summed E-state index contributed by atoms with van der Waals surface area (Å²) in [6.07, 6.45) is 1.60. The molecule has 1 aliphatic heterocycles. The van der Waals surface area contributed by atoms with Crippen LogP contribution in [-0.4, -0.2) is 29.8 Å². The molecule has 0 aliphatic carbocycles. The zero-order valence-electron chi connectivity index (χ0n) is 15.7. The van der Waals surface area contributed by atoms with Gasteiger partial charge in [-0.1, -0.05) is 43.6 Å². The molecule has 0 radical (unpaired) electrons. The van der Waals surface area contributed by atoms with Crippen molar-refractivity contribution in [1.82, 2.24) is 4.90 Å². The Hall–Kier alpha value is -2.33. The molecule has 3 rings (SSSR count). The molecule has 1 atom stereocenters. The van der Waals surface area contributed by atoms with Gasteiger partial charge in [0.25, 0.3) is 5.91 Å². The van der Waals surface area contributed by atoms with Crippen LogP contribution >= 0.6 is 11.6 Å². The van der Waals surface area contributed by atoms with Gasteiger partial charge in [-0.15, -0.1) is 0 Å². The summed E-state index contributed by atoms with van der Waals surface area (Å²) in [5, 5.41) is 3.53. The quantitative estimate of drug-likeness (QED) is 0.810. The van der Waals surface area contributed by atoms with Crippen molar-refractivity contribution < 1.29 is 9.59 Å². The van der Waals surface area contributed by atoms with Gasteiger partial charge in [0, 0.05) is 29.4 Å². The lowest BCUT2D eigenvalue weighted by Gasteiger charge is -2.32. The SMILES string of the molecule is CC(C)c1ccc(NC(=O)[C@@H]2CCCN(C(=O)c3cccc(Cl)c3)C2)cc1. The highest BCUT2D eigenvalue weighted by molar-refractivity contribution is 6.30. The molecular formula is C22H25ClN2O2. The van der Waals surface area contributed by atoms with Crippen LogP contribution in [0.3, 0.4) is 0 Å². The zero-order chi connectivity index (χ0) is 19.4. The molecule has 2 amide bonds. The number of likely N-dealkylation sites (tertiary alicyclic amines) is 1. The van der Waals surface area contributed by atoms with Crippen molar-refractivity contribution in [2.24, 2.45) is 5.92 Å². The predicted molar refractivity (Wildman–Crippen MR) is 109 cm³/mol. The number of rotatable bonds is 4. The Kier molecular flexibility index (Phi) is 6.17. The predicted octanol–water partition coefficient (Wildman–Crippen LogP) is 4.95. The number of nitrogens with one attached hydrogen (secondary N) is 1. The highest BCUT2D eigenvalue weighted by Crippen LogP contribution is 2.22. The molecule has 0 bridgehead atoms. The van der Waals surface area contributed by atoms with Crippen molar-refractivity contribution in [2.75, 3.05) is 18.4 Å². The Morgan fingerprint density at radius 2 is 1.89 bits per heavy atom. The number of amides is 2. The highest BCUT2D eigenvalue weighted by Gasteiger charge is 2.29. The van der Waals surface area contributed by atoms with E-state index in [2.05, 4.69) is 19.2 Å². The molecule has 1 fully saturated rings. The first-order valence-electron chi connectivity index (χ1n) is 9.39. The summed E-state index contributed by atoms with van der Waals surface area (Å²) >= 11 is 5.99. The summed E-state index contributed by atoms with van der Waals surface area (Å²) in [4.78, 5) is 27.1. The van der Waals surface area contributed by atoms with Crippen LogP contribution in [0.15, 0.2) is 48.5 Å². The number of benzene rings is 2. The smallest absolute Gasteiger partial charge is 0.253 e. The van der Waals surface area contributed by atoms with E-state index in [1.807, 2.05) is 24.3 Å². The van der Waals surface area contributed by atoms with E-state index in [-0.39, 0.29) is 17.7 Å². The normalized spacial score (nSPS) is 17.0. The van der Waals surface area contributed by atoms with Gasteiger partial charge in [0.05, 0.1) is 5.92 Å². The number of halogens is 1. The summed E-state index contributed by atoms with van der Waals surface area (Å²) in [6.45, 7) is 5.38. The molecule has 2 aromatic carbocycles. The Balaban J connectivity index is 1.63. The van der Waals surface area contributed by atoms with Gasteiger partial charge in [0.15, 0.2) is 0 Å². The van der Waals surface area contributed by atoms with Gasteiger partial charge in [-0.05, 0) is 54.7 Å². The van der Waals surface area contributed by atoms with Gasteiger partial charge in [-0.25, -0.2) is 0 Å². The standard InChI is InChI=1S/C22H25ClN2O2/c1-15(2)16-8-10-20(11-9-16)24-21(26)18-6-4-12-25(14-18)22(27)17-5-3-7-19(23)13-17/h3,5,7-11,13,15,18H,4,6,12,14H2,1-2H3,(H,24,26)/t18-/m1/s1. The summed E-state index contributed by atoms with van der Waals surface area (Å²) in [6, 6.07) is 14.9. The van der Waals surface area contributed by atoms with Crippen LogP contribution in [-0.2, 0) is 4.79 Å². The van der Waals surface area contributed by atoms with Crippen LogP contribution < -0.4 is 5.32 Å². The number of anilines is 1. The average Bonchev–Trinajstić information content (AvgIpc) is 2.68. The molecule has 142 valence electrons. The third-order valence-corrected chi connectivity index (χ3v) is 5.23. The minimum Gasteiger partial charge on any atom is -0.338 e. The molecule has 2 aromatic rings. The minimum absolute atomic E-state index is 0.0316. The maximum Gasteiger partial charge on any atom is 0.253 e. The largest absolute Gasteiger partial charge is 0.338 e. The van der Waals surface area contributed by atoms with E-state index in [9.17, 15) is 9.59 Å². The van der Waals surface area contributed by atoms with Crippen molar-refractivity contribution >= 4 is 29.1 Å². The topological polar surface area (TPSA) is 49.4 Å². The second-order valence-corrected chi connectivity index (χ2v) is 7.80. The maximum absolute atomic E-state index is 12.7. The molecule has 0 unspecified atom stereocenters. The Bertz CT molecular complexity index is 817. The molecule has 0 saturated carbocycles. The molecule has 1 saturated heterocycles. The second-order valence-electron chi connectivity index (χ2n) is 7.37. The first kappa shape index (κ1) is 19.4. The average molecular weight is 385 g/mol. The van der Waals surface area contributed by atoms with Crippen LogP contribution in [0.1, 0.15) is 48.5 Å². The number of carbonyl (C=O) groups excluding carboxylic acids is 2. The molecular weight excluding hydrogens is 360 g/mol. The van der Waals surface area contributed by atoms with Gasteiger partial charge >= 0.3 is 0 Å². The molecule has 0 spiro atoms. The Labute approximate surface area is 165 Å². The van der Waals surface area contributed by atoms with Gasteiger partial charge in [0.1, 0.15) is 0 Å². The molecule has 4 nitrogen and oxygen atoms in total. The second kappa shape index (κ2) is 8.57. The Morgan fingerprint density at radius 1 is 1.15 bits per heavy atom. The van der Waals surface area contributed by atoms with Crippen molar-refractivity contribution in [2.45, 2.75) is 32.6 Å². The van der Waals surface area contributed by atoms with Crippen LogP contribution in [0, 0.1) is 5.92 Å². The van der Waals surface area contributed by atoms with Crippen LogP contribution in [0.2, 0.25) is 5.02 Å². The summed E-state index contributed by atoms with van der Waals surface area (Å²) in [5.74, 6) is 0.151. The third-order valence-electron chi connectivity index (χ3n) is 5.00. The van der Waals surface area contributed by atoms with E-state index in [0.717, 1.165) is 18.5 Å². The number of nitrogens with zero attached hydrogens (tertiary/aromatic N) is 1. The zero-order valence-corrected chi connectivity index (χ0v) is 16.5. The molecule has 5 heteroatoms. The molecule has 1 N–H and O–H groups in total. The molecule has 1 aliphatic rings. The van der Waals surface area contributed by atoms with Gasteiger partial charge in [-0.3, -0.25) is 9.59 Å². The van der Waals surface area contributed by atoms with E-state index in [1.54, 1.807) is 29.2 Å². The maximum atomic E-state index is 12.7. The Morgan fingerprint density at radius 3 is 2.56 bits per heavy atom. The first-order chi connectivity index (χ1) is 12.9. The monoisotopic (exact) mass is 384 g/mol. The number of hydrogen-bond donors (Lipinski definition) is 1. The van der Waals surface area contributed by atoms with Gasteiger partial charge in [0.2, 0.25) is 5.91 Å². The van der Waals surface area contributed by atoms with E-state index in [0.29, 0.717) is 29.6 Å². The summed E-state index contributed by atoms with van der Waals surface area (Å²) in [5.41, 5.74) is 2.60. The number of hydrogen-bond acceptors (Lipinski definition) is 2. The highest BCUT2D eigenvalue weighted by atomic mass is 35.5. The lowest BCUT2D eigenvalue weighted by atomic mass is 9.96. The van der Waals surface area contributed by atoms with E-state index < -0.39 is 0 Å². The van der Waals surface area contributed by atoms with Crippen molar-refractivity contribution in [3.8, 4) is 0 Å².